The molecular weight excluding hydrogens is 397 g/mol. The second-order valence-electron chi connectivity index (χ2n) is 6.16. The summed E-state index contributed by atoms with van der Waals surface area (Å²) < 4.78 is 19.3. The molecule has 9 heteroatoms. The van der Waals surface area contributed by atoms with Crippen LogP contribution in [0, 0.1) is 15.9 Å². The van der Waals surface area contributed by atoms with E-state index in [0.717, 1.165) is 18.1 Å². The quantitative estimate of drug-likeness (QED) is 0.400. The first kappa shape index (κ1) is 20.4. The van der Waals surface area contributed by atoms with Gasteiger partial charge in [-0.1, -0.05) is 19.1 Å². The van der Waals surface area contributed by atoms with Gasteiger partial charge in [0.25, 0.3) is 5.69 Å². The third kappa shape index (κ3) is 4.75. The van der Waals surface area contributed by atoms with Gasteiger partial charge in [0.2, 0.25) is 5.91 Å². The van der Waals surface area contributed by atoms with E-state index in [4.69, 9.17) is 4.74 Å². The van der Waals surface area contributed by atoms with Gasteiger partial charge in [0.15, 0.2) is 16.7 Å². The molecule has 3 rings (SSSR count). The average molecular weight is 415 g/mol. The van der Waals surface area contributed by atoms with E-state index in [1.165, 1.54) is 35.3 Å². The van der Waals surface area contributed by atoms with Crippen LogP contribution in [0.4, 0.5) is 20.9 Å². The molecule has 0 aliphatic carbocycles. The molecule has 1 amide bonds. The lowest BCUT2D eigenvalue weighted by Crippen LogP contribution is -2.22. The molecule has 0 fully saturated rings. The maximum absolute atomic E-state index is 13.9. The third-order valence-corrected chi connectivity index (χ3v) is 5.03. The Hall–Kier alpha value is -3.33. The predicted octanol–water partition coefficient (Wildman–Crippen LogP) is 5.02. The maximum Gasteiger partial charge on any atom is 0.272 e. The number of non-ortho nitro benzene ring substituents is 1. The van der Waals surface area contributed by atoms with E-state index in [-0.39, 0.29) is 24.0 Å². The summed E-state index contributed by atoms with van der Waals surface area (Å²) in [6.07, 6.45) is 0.901. The van der Waals surface area contributed by atoms with Gasteiger partial charge in [-0.2, -0.15) is 0 Å². The Kier molecular flexibility index (Phi) is 6.18. The molecule has 0 aliphatic rings. The summed E-state index contributed by atoms with van der Waals surface area (Å²) in [5, 5.41) is 12.9. The molecule has 1 aromatic heterocycles. The molecule has 0 atom stereocenters. The average Bonchev–Trinajstić information content (AvgIpc) is 3.15. The van der Waals surface area contributed by atoms with Gasteiger partial charge < -0.3 is 4.74 Å². The Labute approximate surface area is 170 Å². The Morgan fingerprint density at radius 3 is 2.59 bits per heavy atom. The van der Waals surface area contributed by atoms with Crippen LogP contribution in [0.1, 0.15) is 25.1 Å². The minimum Gasteiger partial charge on any atom is -0.484 e. The normalized spacial score (nSPS) is 10.6. The fourth-order valence-corrected chi connectivity index (χ4v) is 3.52. The van der Waals surface area contributed by atoms with Crippen LogP contribution in [0.2, 0.25) is 0 Å². The molecule has 150 valence electrons. The van der Waals surface area contributed by atoms with Crippen molar-refractivity contribution in [2.75, 3.05) is 4.90 Å². The van der Waals surface area contributed by atoms with E-state index in [9.17, 15) is 19.3 Å². The lowest BCUT2D eigenvalue weighted by atomic mass is 10.1. The maximum atomic E-state index is 13.9. The number of nitro benzene ring substituents is 1. The SMILES string of the molecule is CCc1ccc(N(C(C)=O)c2nc(COc3ccc([N+](=O)[O-])cc3F)cs2)cc1. The molecule has 0 spiro atoms. The van der Waals surface area contributed by atoms with Gasteiger partial charge in [0.05, 0.1) is 22.4 Å². The zero-order chi connectivity index (χ0) is 21.0. The van der Waals surface area contributed by atoms with Crippen molar-refractivity contribution in [1.29, 1.82) is 0 Å². The fourth-order valence-electron chi connectivity index (χ4n) is 2.65. The van der Waals surface area contributed by atoms with E-state index in [2.05, 4.69) is 11.9 Å². The molecule has 0 aliphatic heterocycles. The Bertz CT molecular complexity index is 1040. The van der Waals surface area contributed by atoms with Crippen molar-refractivity contribution in [3.63, 3.8) is 0 Å². The van der Waals surface area contributed by atoms with E-state index < -0.39 is 10.7 Å². The molecule has 0 saturated heterocycles. The monoisotopic (exact) mass is 415 g/mol. The second kappa shape index (κ2) is 8.78. The van der Waals surface area contributed by atoms with Gasteiger partial charge >= 0.3 is 0 Å². The van der Waals surface area contributed by atoms with Crippen molar-refractivity contribution in [2.45, 2.75) is 26.9 Å². The third-order valence-electron chi connectivity index (χ3n) is 4.15. The first-order valence-corrected chi connectivity index (χ1v) is 9.67. The van der Waals surface area contributed by atoms with Crippen molar-refractivity contribution in [1.82, 2.24) is 4.98 Å². The van der Waals surface area contributed by atoms with E-state index >= 15 is 0 Å². The van der Waals surface area contributed by atoms with E-state index in [1.807, 2.05) is 24.3 Å². The number of hydrogen-bond donors (Lipinski definition) is 0. The zero-order valence-corrected chi connectivity index (χ0v) is 16.6. The van der Waals surface area contributed by atoms with E-state index in [0.29, 0.717) is 16.5 Å². The highest BCUT2D eigenvalue weighted by Gasteiger charge is 2.18. The van der Waals surface area contributed by atoms with Gasteiger partial charge in [0.1, 0.15) is 6.61 Å². The van der Waals surface area contributed by atoms with Crippen molar-refractivity contribution in [2.24, 2.45) is 0 Å². The van der Waals surface area contributed by atoms with Crippen molar-refractivity contribution < 1.29 is 18.8 Å². The van der Waals surface area contributed by atoms with Crippen LogP contribution in [-0.4, -0.2) is 15.8 Å². The van der Waals surface area contributed by atoms with Crippen molar-refractivity contribution in [3.8, 4) is 5.75 Å². The summed E-state index contributed by atoms with van der Waals surface area (Å²) in [4.78, 5) is 28.1. The minimum atomic E-state index is -0.823. The number of amides is 1. The highest BCUT2D eigenvalue weighted by Crippen LogP contribution is 2.30. The van der Waals surface area contributed by atoms with Crippen LogP contribution >= 0.6 is 11.3 Å². The summed E-state index contributed by atoms with van der Waals surface area (Å²) in [7, 11) is 0. The Balaban J connectivity index is 1.75. The standard InChI is InChI=1S/C20H18FN3O4S/c1-3-14-4-6-16(7-5-14)23(13(2)25)20-22-15(12-29-20)11-28-19-9-8-17(24(26)27)10-18(19)21/h4-10,12H,3,11H2,1-2H3. The first-order chi connectivity index (χ1) is 13.9. The van der Waals surface area contributed by atoms with Gasteiger partial charge in [0, 0.05) is 18.4 Å². The summed E-state index contributed by atoms with van der Waals surface area (Å²) in [6.45, 7) is 3.47. The van der Waals surface area contributed by atoms with Gasteiger partial charge in [-0.25, -0.2) is 9.37 Å². The number of hydrogen-bond acceptors (Lipinski definition) is 6. The largest absolute Gasteiger partial charge is 0.484 e. The number of carbonyl (C=O) groups excluding carboxylic acids is 1. The number of carbonyl (C=O) groups is 1. The number of anilines is 2. The molecule has 0 bridgehead atoms. The number of nitrogens with zero attached hydrogens (tertiary/aromatic N) is 3. The topological polar surface area (TPSA) is 85.6 Å². The van der Waals surface area contributed by atoms with Crippen LogP contribution in [-0.2, 0) is 17.8 Å². The van der Waals surface area contributed by atoms with Gasteiger partial charge in [-0.05, 0) is 30.2 Å². The molecule has 29 heavy (non-hydrogen) atoms. The van der Waals surface area contributed by atoms with Gasteiger partial charge in [-0.3, -0.25) is 19.8 Å². The number of nitro groups is 1. The summed E-state index contributed by atoms with van der Waals surface area (Å²) in [6, 6.07) is 10.8. The fraction of sp³-hybridized carbons (Fsp3) is 0.200. The van der Waals surface area contributed by atoms with Crippen molar-refractivity contribution >= 4 is 33.8 Å². The molecule has 0 N–H and O–H groups in total. The number of aromatic nitrogens is 1. The highest BCUT2D eigenvalue weighted by molar-refractivity contribution is 7.14. The van der Waals surface area contributed by atoms with Crippen LogP contribution in [0.25, 0.3) is 0 Å². The molecule has 7 nitrogen and oxygen atoms in total. The van der Waals surface area contributed by atoms with Crippen LogP contribution in [0.5, 0.6) is 5.75 Å². The number of ether oxygens (including phenoxy) is 1. The summed E-state index contributed by atoms with van der Waals surface area (Å²) >= 11 is 1.27. The summed E-state index contributed by atoms with van der Waals surface area (Å²) in [5.41, 5.74) is 2.03. The van der Waals surface area contributed by atoms with Crippen LogP contribution in [0.3, 0.4) is 0 Å². The Morgan fingerprint density at radius 2 is 2.00 bits per heavy atom. The molecular formula is C20H18FN3O4S. The van der Waals surface area contributed by atoms with Crippen LogP contribution < -0.4 is 9.64 Å². The lowest BCUT2D eigenvalue weighted by molar-refractivity contribution is -0.385. The predicted molar refractivity (Wildman–Crippen MR) is 108 cm³/mol. The summed E-state index contributed by atoms with van der Waals surface area (Å²) in [5.74, 6) is -1.11. The smallest absolute Gasteiger partial charge is 0.272 e. The number of rotatable bonds is 7. The molecule has 0 radical (unpaired) electrons. The molecule has 1 heterocycles. The molecule has 0 unspecified atom stereocenters. The van der Waals surface area contributed by atoms with Crippen LogP contribution in [0.15, 0.2) is 47.8 Å². The minimum absolute atomic E-state index is 0.0360. The number of benzene rings is 2. The number of aryl methyl sites for hydroxylation is 1. The zero-order valence-electron chi connectivity index (χ0n) is 15.8. The number of halogens is 1. The van der Waals surface area contributed by atoms with E-state index in [1.54, 1.807) is 5.38 Å². The molecule has 0 saturated carbocycles. The first-order valence-electron chi connectivity index (χ1n) is 8.79. The lowest BCUT2D eigenvalue weighted by Gasteiger charge is -2.18. The van der Waals surface area contributed by atoms with Gasteiger partial charge in [-0.15, -0.1) is 11.3 Å². The second-order valence-corrected chi connectivity index (χ2v) is 6.99. The van der Waals surface area contributed by atoms with Crippen molar-refractivity contribution in [3.05, 3.63) is 75.0 Å². The Morgan fingerprint density at radius 1 is 1.28 bits per heavy atom. The highest BCUT2D eigenvalue weighted by atomic mass is 32.1. The molecule has 3 aromatic rings. The number of thiazole rings is 1. The molecule has 2 aromatic carbocycles.